The van der Waals surface area contributed by atoms with Gasteiger partial charge in [0.15, 0.2) is 0 Å². The van der Waals surface area contributed by atoms with Crippen LogP contribution in [0.25, 0.3) is 0 Å². The second kappa shape index (κ2) is 10.0. The Morgan fingerprint density at radius 3 is 2.69 bits per heavy atom. The molecule has 1 saturated heterocycles. The largest absolute Gasteiger partial charge is 0.336 e. The molecular weight excluding hydrogens is 459 g/mol. The third kappa shape index (κ3) is 4.80. The van der Waals surface area contributed by atoms with E-state index in [2.05, 4.69) is 22.3 Å². The molecule has 8 heteroatoms. The van der Waals surface area contributed by atoms with Crippen LogP contribution in [0.3, 0.4) is 0 Å². The summed E-state index contributed by atoms with van der Waals surface area (Å²) in [5.74, 6) is -1.20. The number of benzene rings is 2. The Balaban J connectivity index is 1.27. The SMILES string of the molecule is CCc1cc(Cc2ccc(F)c(C(=O)N3CCN(C4CCc5ccccc5C4)C(=O)C3)c2)n[nH]c1=O. The lowest BCUT2D eigenvalue weighted by Gasteiger charge is -2.41. The van der Waals surface area contributed by atoms with E-state index in [9.17, 15) is 18.8 Å². The molecular formula is C28H29FN4O3. The van der Waals surface area contributed by atoms with E-state index in [1.54, 1.807) is 12.1 Å². The number of hydrogen-bond donors (Lipinski definition) is 1. The van der Waals surface area contributed by atoms with Gasteiger partial charge in [-0.1, -0.05) is 37.3 Å². The Morgan fingerprint density at radius 2 is 1.92 bits per heavy atom. The van der Waals surface area contributed by atoms with Crippen molar-refractivity contribution < 1.29 is 14.0 Å². The van der Waals surface area contributed by atoms with Gasteiger partial charge in [-0.15, -0.1) is 0 Å². The van der Waals surface area contributed by atoms with E-state index in [4.69, 9.17) is 0 Å². The Labute approximate surface area is 208 Å². The van der Waals surface area contributed by atoms with Crippen LogP contribution in [0.2, 0.25) is 0 Å². The number of fused-ring (bicyclic) bond motifs is 1. The topological polar surface area (TPSA) is 86.4 Å². The average Bonchev–Trinajstić information content (AvgIpc) is 2.90. The monoisotopic (exact) mass is 488 g/mol. The first kappa shape index (κ1) is 23.9. The maximum absolute atomic E-state index is 14.7. The number of rotatable bonds is 5. The molecule has 0 radical (unpaired) electrons. The fourth-order valence-corrected chi connectivity index (χ4v) is 5.26. The van der Waals surface area contributed by atoms with Crippen LogP contribution in [-0.4, -0.2) is 57.5 Å². The molecule has 5 rings (SSSR count). The quantitative estimate of drug-likeness (QED) is 0.599. The number of aromatic nitrogens is 2. The van der Waals surface area contributed by atoms with Crippen molar-refractivity contribution in [2.45, 2.75) is 45.1 Å². The first-order chi connectivity index (χ1) is 17.4. The van der Waals surface area contributed by atoms with E-state index in [0.717, 1.165) is 19.3 Å². The molecule has 3 aromatic rings. The molecule has 1 atom stereocenters. The van der Waals surface area contributed by atoms with Gasteiger partial charge in [0.25, 0.3) is 11.5 Å². The summed E-state index contributed by atoms with van der Waals surface area (Å²) >= 11 is 0. The summed E-state index contributed by atoms with van der Waals surface area (Å²) in [5, 5.41) is 6.55. The zero-order valence-electron chi connectivity index (χ0n) is 20.3. The summed E-state index contributed by atoms with van der Waals surface area (Å²) in [6, 6.07) is 14.6. The zero-order valence-corrected chi connectivity index (χ0v) is 20.3. The summed E-state index contributed by atoms with van der Waals surface area (Å²) in [4.78, 5) is 41.3. The normalized spacial score (nSPS) is 17.7. The molecule has 2 aromatic carbocycles. The Bertz CT molecular complexity index is 1370. The highest BCUT2D eigenvalue weighted by Crippen LogP contribution is 2.26. The molecule has 0 spiro atoms. The first-order valence-corrected chi connectivity index (χ1v) is 12.4. The minimum atomic E-state index is -0.619. The summed E-state index contributed by atoms with van der Waals surface area (Å²) in [7, 11) is 0. The number of aryl methyl sites for hydroxylation is 2. The van der Waals surface area contributed by atoms with Gasteiger partial charge < -0.3 is 9.80 Å². The number of carbonyl (C=O) groups is 2. The number of hydrogen-bond acceptors (Lipinski definition) is 4. The molecule has 1 aliphatic heterocycles. The molecule has 36 heavy (non-hydrogen) atoms. The van der Waals surface area contributed by atoms with Crippen molar-refractivity contribution >= 4 is 11.8 Å². The van der Waals surface area contributed by atoms with Gasteiger partial charge in [0, 0.05) is 31.1 Å². The van der Waals surface area contributed by atoms with Gasteiger partial charge in [-0.25, -0.2) is 9.49 Å². The molecule has 2 amide bonds. The van der Waals surface area contributed by atoms with Crippen LogP contribution < -0.4 is 5.56 Å². The Kier molecular flexibility index (Phi) is 6.67. The highest BCUT2D eigenvalue weighted by Gasteiger charge is 2.34. The lowest BCUT2D eigenvalue weighted by Crippen LogP contribution is -2.56. The smallest absolute Gasteiger partial charge is 0.267 e. The molecule has 1 aliphatic carbocycles. The van der Waals surface area contributed by atoms with Crippen LogP contribution in [0, 0.1) is 5.82 Å². The third-order valence-electron chi connectivity index (χ3n) is 7.27. The van der Waals surface area contributed by atoms with Crippen molar-refractivity contribution in [3.8, 4) is 0 Å². The standard InChI is InChI=1S/C28H29FN4O3/c1-2-19-15-22(30-31-27(19)35)13-18-7-10-25(29)24(14-18)28(36)32-11-12-33(26(34)17-32)23-9-8-20-5-3-4-6-21(20)16-23/h3-7,10,14-15,23H,2,8-9,11-13,16-17H2,1H3,(H,31,35). The summed E-state index contributed by atoms with van der Waals surface area (Å²) in [6.07, 6.45) is 3.59. The maximum Gasteiger partial charge on any atom is 0.267 e. The number of amides is 2. The van der Waals surface area contributed by atoms with Crippen LogP contribution in [0.15, 0.2) is 53.3 Å². The average molecular weight is 489 g/mol. The van der Waals surface area contributed by atoms with Gasteiger partial charge in [0.1, 0.15) is 12.4 Å². The van der Waals surface area contributed by atoms with Gasteiger partial charge in [-0.05, 0) is 60.6 Å². The minimum absolute atomic E-state index is 0.0536. The van der Waals surface area contributed by atoms with E-state index in [0.29, 0.717) is 42.8 Å². The second-order valence-electron chi connectivity index (χ2n) is 9.54. The number of nitrogens with one attached hydrogen (secondary N) is 1. The van der Waals surface area contributed by atoms with Crippen LogP contribution in [0.1, 0.15) is 51.7 Å². The second-order valence-corrected chi connectivity index (χ2v) is 9.54. The number of piperazine rings is 1. The van der Waals surface area contributed by atoms with Gasteiger partial charge in [-0.2, -0.15) is 5.10 Å². The molecule has 1 unspecified atom stereocenters. The zero-order chi connectivity index (χ0) is 25.2. The predicted octanol–water partition coefficient (Wildman–Crippen LogP) is 2.90. The molecule has 2 heterocycles. The van der Waals surface area contributed by atoms with Crippen molar-refractivity contribution in [2.75, 3.05) is 19.6 Å². The molecule has 186 valence electrons. The van der Waals surface area contributed by atoms with E-state index >= 15 is 0 Å². The first-order valence-electron chi connectivity index (χ1n) is 12.4. The maximum atomic E-state index is 14.7. The number of nitrogens with zero attached hydrogens (tertiary/aromatic N) is 3. The number of H-pyrrole nitrogens is 1. The predicted molar refractivity (Wildman–Crippen MR) is 133 cm³/mol. The third-order valence-corrected chi connectivity index (χ3v) is 7.27. The van der Waals surface area contributed by atoms with Crippen molar-refractivity contribution in [1.29, 1.82) is 0 Å². The summed E-state index contributed by atoms with van der Waals surface area (Å²) in [6.45, 7) is 2.65. The highest BCUT2D eigenvalue weighted by molar-refractivity contribution is 5.97. The number of carbonyl (C=O) groups excluding carboxylic acids is 2. The molecule has 0 saturated carbocycles. The van der Waals surface area contributed by atoms with Crippen LogP contribution in [0.4, 0.5) is 4.39 Å². The van der Waals surface area contributed by atoms with E-state index < -0.39 is 11.7 Å². The Morgan fingerprint density at radius 1 is 1.11 bits per heavy atom. The van der Waals surface area contributed by atoms with E-state index in [-0.39, 0.29) is 29.6 Å². The molecule has 1 aromatic heterocycles. The fraction of sp³-hybridized carbons (Fsp3) is 0.357. The molecule has 0 bridgehead atoms. The van der Waals surface area contributed by atoms with Crippen molar-refractivity contribution in [3.63, 3.8) is 0 Å². The van der Waals surface area contributed by atoms with Gasteiger partial charge >= 0.3 is 0 Å². The van der Waals surface area contributed by atoms with Crippen molar-refractivity contribution in [2.24, 2.45) is 0 Å². The van der Waals surface area contributed by atoms with Gasteiger partial charge in [-0.3, -0.25) is 14.4 Å². The minimum Gasteiger partial charge on any atom is -0.336 e. The molecule has 7 nitrogen and oxygen atoms in total. The van der Waals surface area contributed by atoms with E-state index in [1.807, 2.05) is 24.0 Å². The van der Waals surface area contributed by atoms with Gasteiger partial charge in [0.05, 0.1) is 11.3 Å². The summed E-state index contributed by atoms with van der Waals surface area (Å²) < 4.78 is 14.7. The van der Waals surface area contributed by atoms with Crippen LogP contribution in [-0.2, 0) is 30.5 Å². The van der Waals surface area contributed by atoms with Gasteiger partial charge in [0.2, 0.25) is 5.91 Å². The van der Waals surface area contributed by atoms with Crippen LogP contribution >= 0.6 is 0 Å². The van der Waals surface area contributed by atoms with Crippen LogP contribution in [0.5, 0.6) is 0 Å². The number of halogens is 1. The van der Waals surface area contributed by atoms with E-state index in [1.165, 1.54) is 28.2 Å². The Hall–Kier alpha value is -3.81. The molecule has 2 aliphatic rings. The van der Waals surface area contributed by atoms with Crippen molar-refractivity contribution in [1.82, 2.24) is 20.0 Å². The summed E-state index contributed by atoms with van der Waals surface area (Å²) in [5.41, 5.74) is 4.30. The lowest BCUT2D eigenvalue weighted by molar-refractivity contribution is -0.137. The van der Waals surface area contributed by atoms with Crippen molar-refractivity contribution in [3.05, 3.63) is 98.2 Å². The lowest BCUT2D eigenvalue weighted by atomic mass is 9.87. The molecule has 1 fully saturated rings. The molecule has 1 N–H and O–H groups in total. The number of aromatic amines is 1. The highest BCUT2D eigenvalue weighted by atomic mass is 19.1. The fourth-order valence-electron chi connectivity index (χ4n) is 5.26.